The smallest absolute Gasteiger partial charge is 0.547 e. The van der Waals surface area contributed by atoms with Crippen LogP contribution >= 0.6 is 0 Å². The average molecular weight is 540 g/mol. The van der Waals surface area contributed by atoms with Gasteiger partial charge in [0.2, 0.25) is 0 Å². The van der Waals surface area contributed by atoms with E-state index in [0.717, 1.165) is 27.7 Å². The molecule has 4 unspecified atom stereocenters. The number of aliphatic hydroxyl groups is 6. The van der Waals surface area contributed by atoms with Crippen molar-refractivity contribution in [2.24, 2.45) is 0 Å². The molecular weight excluding hydrogens is 507 g/mol. The number of hydrogen-bond acceptors (Lipinski definition) is 14. The molecule has 184 valence electrons. The third-order valence-corrected chi connectivity index (χ3v) is 1.36. The Kier molecular flexibility index (Phi) is 54.9. The Morgan fingerprint density at radius 3 is 0.581 bits per heavy atom. The van der Waals surface area contributed by atoms with E-state index >= 15 is 0 Å². The second-order valence-electron chi connectivity index (χ2n) is 4.61. The SMILES string of the molecule is CC(O)C(=O)[O-].CC(O)C(=O)[O-].CC(O)C(=O)[O-].CC(O)C(=O)[O-].CCO.CCO.[Zr+4]. The van der Waals surface area contributed by atoms with E-state index in [1.54, 1.807) is 13.8 Å². The van der Waals surface area contributed by atoms with Crippen LogP contribution in [0.1, 0.15) is 41.5 Å². The van der Waals surface area contributed by atoms with Gasteiger partial charge in [-0.3, -0.25) is 0 Å². The summed E-state index contributed by atoms with van der Waals surface area (Å²) in [5.74, 6) is -5.74. The van der Waals surface area contributed by atoms with Crippen LogP contribution in [-0.2, 0) is 45.4 Å². The van der Waals surface area contributed by atoms with E-state index < -0.39 is 48.3 Å². The first-order chi connectivity index (χ1) is 13.4. The Hall–Kier alpha value is -1.48. The van der Waals surface area contributed by atoms with E-state index in [9.17, 15) is 39.6 Å². The summed E-state index contributed by atoms with van der Waals surface area (Å²) in [5.41, 5.74) is 0. The van der Waals surface area contributed by atoms with Crippen LogP contribution in [0, 0.1) is 0 Å². The first kappa shape index (κ1) is 47.3. The van der Waals surface area contributed by atoms with E-state index in [-0.39, 0.29) is 39.4 Å². The molecule has 0 rings (SSSR count). The molecule has 0 aliphatic rings. The van der Waals surface area contributed by atoms with Gasteiger partial charge in [-0.15, -0.1) is 0 Å². The molecule has 0 aromatic rings. The molecule has 0 amide bonds. The molecule has 0 radical (unpaired) electrons. The van der Waals surface area contributed by atoms with Gasteiger partial charge in [-0.25, -0.2) is 0 Å². The molecule has 0 saturated carbocycles. The quantitative estimate of drug-likeness (QED) is 0.193. The molecule has 14 nitrogen and oxygen atoms in total. The van der Waals surface area contributed by atoms with Gasteiger partial charge in [0.1, 0.15) is 0 Å². The Morgan fingerprint density at radius 2 is 0.581 bits per heavy atom. The molecule has 0 bridgehead atoms. The summed E-state index contributed by atoms with van der Waals surface area (Å²) in [5, 5.41) is 84.4. The average Bonchev–Trinajstić information content (AvgIpc) is 2.57. The number of rotatable bonds is 4. The zero-order valence-electron chi connectivity index (χ0n) is 18.2. The maximum absolute atomic E-state index is 9.34. The van der Waals surface area contributed by atoms with Gasteiger partial charge in [0.25, 0.3) is 0 Å². The number of carbonyl (C=O) groups is 4. The molecule has 0 aromatic heterocycles. The van der Waals surface area contributed by atoms with Crippen molar-refractivity contribution in [2.75, 3.05) is 13.2 Å². The fourth-order valence-corrected chi connectivity index (χ4v) is 0. The molecule has 31 heavy (non-hydrogen) atoms. The van der Waals surface area contributed by atoms with Gasteiger partial charge in [-0.1, -0.05) is 0 Å². The van der Waals surface area contributed by atoms with Gasteiger partial charge in [0.15, 0.2) is 0 Å². The number of carboxylic acids is 4. The topological polar surface area (TPSA) is 282 Å². The van der Waals surface area contributed by atoms with Crippen LogP contribution in [0.15, 0.2) is 0 Å². The van der Waals surface area contributed by atoms with Gasteiger partial charge in [0.05, 0.1) is 48.3 Å². The molecule has 0 aromatic carbocycles. The van der Waals surface area contributed by atoms with Crippen molar-refractivity contribution in [3.8, 4) is 0 Å². The predicted molar refractivity (Wildman–Crippen MR) is 92.3 cm³/mol. The second kappa shape index (κ2) is 35.9. The Morgan fingerprint density at radius 1 is 0.548 bits per heavy atom. The number of hydrogen-bond donors (Lipinski definition) is 6. The summed E-state index contributed by atoms with van der Waals surface area (Å²) in [6, 6.07) is 0. The second-order valence-corrected chi connectivity index (χ2v) is 4.61. The third kappa shape index (κ3) is 95.1. The summed E-state index contributed by atoms with van der Waals surface area (Å²) in [6.45, 7) is 8.40. The van der Waals surface area contributed by atoms with Crippen molar-refractivity contribution >= 4 is 23.9 Å². The molecule has 6 N–H and O–H groups in total. The minimum absolute atomic E-state index is 0. The standard InChI is InChI=1S/4C3H6O3.2C2H6O.Zr/c4*1-2(4)3(5)6;2*1-2-3;/h4*2,4H,1H3,(H,5,6);2*3H,2H2,1H3;/q;;;;;;+4/p-4. The fourth-order valence-electron chi connectivity index (χ4n) is 0. The van der Waals surface area contributed by atoms with E-state index in [1.807, 2.05) is 0 Å². The predicted octanol–water partition coefficient (Wildman–Crippen LogP) is -7.54. The summed E-state index contributed by atoms with van der Waals surface area (Å²) < 4.78 is 0. The van der Waals surface area contributed by atoms with Gasteiger partial charge in [0, 0.05) is 13.2 Å². The van der Waals surface area contributed by atoms with Crippen LogP contribution in [-0.4, -0.2) is 92.1 Å². The molecule has 4 atom stereocenters. The largest absolute Gasteiger partial charge is 4.00 e. The van der Waals surface area contributed by atoms with Crippen molar-refractivity contribution in [2.45, 2.75) is 66.0 Å². The van der Waals surface area contributed by atoms with Crippen molar-refractivity contribution in [3.05, 3.63) is 0 Å². The van der Waals surface area contributed by atoms with E-state index in [0.29, 0.717) is 0 Å². The Balaban J connectivity index is -0.0000000453. The number of aliphatic carboxylic acids is 4. The maximum atomic E-state index is 9.34. The Bertz CT molecular complexity index is 337. The summed E-state index contributed by atoms with van der Waals surface area (Å²) in [7, 11) is 0. The van der Waals surface area contributed by atoms with Crippen LogP contribution < -0.4 is 20.4 Å². The van der Waals surface area contributed by atoms with Gasteiger partial charge < -0.3 is 70.2 Å². The van der Waals surface area contributed by atoms with E-state index in [4.69, 9.17) is 30.6 Å². The molecular formula is C16H32O14Zr. The summed E-state index contributed by atoms with van der Waals surface area (Å²) in [6.07, 6.45) is -5.37. The van der Waals surface area contributed by atoms with Crippen molar-refractivity contribution in [3.63, 3.8) is 0 Å². The fraction of sp³-hybridized carbons (Fsp3) is 0.750. The molecule has 0 saturated heterocycles. The minimum Gasteiger partial charge on any atom is -0.547 e. The van der Waals surface area contributed by atoms with Crippen LogP contribution in [0.4, 0.5) is 0 Å². The number of carboxylic acid groups (broad SMARTS) is 4. The van der Waals surface area contributed by atoms with Crippen molar-refractivity contribution < 1.29 is 96.4 Å². The van der Waals surface area contributed by atoms with Gasteiger partial charge in [-0.05, 0) is 41.5 Å². The zero-order valence-corrected chi connectivity index (χ0v) is 20.6. The van der Waals surface area contributed by atoms with Crippen LogP contribution in [0.3, 0.4) is 0 Å². The number of aliphatic hydroxyl groups excluding tert-OH is 6. The molecule has 0 heterocycles. The molecule has 0 aliphatic carbocycles. The van der Waals surface area contributed by atoms with Crippen molar-refractivity contribution in [1.29, 1.82) is 0 Å². The maximum Gasteiger partial charge on any atom is 4.00 e. The molecule has 0 spiro atoms. The van der Waals surface area contributed by atoms with Crippen molar-refractivity contribution in [1.82, 2.24) is 0 Å². The zero-order chi connectivity index (χ0) is 26.0. The van der Waals surface area contributed by atoms with Gasteiger partial charge >= 0.3 is 26.2 Å². The minimum atomic E-state index is -1.44. The first-order valence-electron chi connectivity index (χ1n) is 8.18. The summed E-state index contributed by atoms with van der Waals surface area (Å²) >= 11 is 0. The van der Waals surface area contributed by atoms with Crippen LogP contribution in [0.2, 0.25) is 0 Å². The van der Waals surface area contributed by atoms with Gasteiger partial charge in [-0.2, -0.15) is 0 Å². The third-order valence-electron chi connectivity index (χ3n) is 1.36. The normalized spacial score (nSPS) is 11.7. The Labute approximate surface area is 199 Å². The first-order valence-corrected chi connectivity index (χ1v) is 8.18. The van der Waals surface area contributed by atoms with Crippen LogP contribution in [0.25, 0.3) is 0 Å². The van der Waals surface area contributed by atoms with Crippen LogP contribution in [0.5, 0.6) is 0 Å². The monoisotopic (exact) mass is 538 g/mol. The summed E-state index contributed by atoms with van der Waals surface area (Å²) in [4.78, 5) is 37.4. The van der Waals surface area contributed by atoms with E-state index in [2.05, 4.69) is 0 Å². The molecule has 0 aliphatic heterocycles. The molecule has 0 fully saturated rings. The van der Waals surface area contributed by atoms with E-state index in [1.165, 1.54) is 0 Å². The number of carbonyl (C=O) groups excluding carboxylic acids is 4. The molecule has 15 heteroatoms.